The number of hydrogen-bond acceptors (Lipinski definition) is 3. The maximum absolute atomic E-state index is 6.17. The highest BCUT2D eigenvalue weighted by Gasteiger charge is 2.11. The molecular weight excluding hydrogens is 214 g/mol. The summed E-state index contributed by atoms with van der Waals surface area (Å²) >= 11 is 0. The van der Waals surface area contributed by atoms with Crippen molar-refractivity contribution >= 4 is 10.9 Å². The number of nitrogens with two attached hydrogens (primary N) is 2. The van der Waals surface area contributed by atoms with E-state index >= 15 is 0 Å². The largest absolute Gasteiger partial charge is 0.497 e. The van der Waals surface area contributed by atoms with Gasteiger partial charge < -0.3 is 21.2 Å². The molecule has 0 bridgehead atoms. The van der Waals surface area contributed by atoms with E-state index in [0.717, 1.165) is 35.1 Å². The standard InChI is InChI=1S/C13H19N3O/c1-17-9-4-5-13-10(7-9)11(8-16-13)12(15)3-2-6-14/h4-5,7-8,12,16H,2-3,6,14-15H2,1H3/t12-/m0/s1. The summed E-state index contributed by atoms with van der Waals surface area (Å²) in [6, 6.07) is 5.99. The summed E-state index contributed by atoms with van der Waals surface area (Å²) in [7, 11) is 1.67. The average Bonchev–Trinajstić information content (AvgIpc) is 2.78. The number of ether oxygens (including phenoxy) is 1. The van der Waals surface area contributed by atoms with E-state index in [0.29, 0.717) is 6.54 Å². The normalized spacial score (nSPS) is 12.9. The first kappa shape index (κ1) is 12.0. The van der Waals surface area contributed by atoms with E-state index in [4.69, 9.17) is 16.2 Å². The van der Waals surface area contributed by atoms with Crippen LogP contribution in [0.5, 0.6) is 5.75 Å². The molecule has 0 fully saturated rings. The molecule has 0 saturated carbocycles. The zero-order valence-corrected chi connectivity index (χ0v) is 10.1. The fraction of sp³-hybridized carbons (Fsp3) is 0.385. The first-order chi connectivity index (χ1) is 8.26. The predicted octanol–water partition coefficient (Wildman–Crippen LogP) is 1.92. The van der Waals surface area contributed by atoms with Crippen LogP contribution in [-0.2, 0) is 0 Å². The summed E-state index contributed by atoms with van der Waals surface area (Å²) in [5.41, 5.74) is 13.9. The van der Waals surface area contributed by atoms with E-state index in [1.54, 1.807) is 7.11 Å². The van der Waals surface area contributed by atoms with Crippen LogP contribution in [0.15, 0.2) is 24.4 Å². The highest BCUT2D eigenvalue weighted by Crippen LogP contribution is 2.28. The SMILES string of the molecule is COc1ccc2[nH]cc([C@@H](N)CCCN)c2c1. The van der Waals surface area contributed by atoms with Gasteiger partial charge in [0, 0.05) is 23.1 Å². The quantitative estimate of drug-likeness (QED) is 0.738. The number of fused-ring (bicyclic) bond motifs is 1. The molecule has 5 N–H and O–H groups in total. The molecule has 2 rings (SSSR count). The lowest BCUT2D eigenvalue weighted by Crippen LogP contribution is -2.12. The van der Waals surface area contributed by atoms with Crippen LogP contribution in [0.4, 0.5) is 0 Å². The van der Waals surface area contributed by atoms with Crippen molar-refractivity contribution in [1.29, 1.82) is 0 Å². The van der Waals surface area contributed by atoms with Gasteiger partial charge >= 0.3 is 0 Å². The van der Waals surface area contributed by atoms with Gasteiger partial charge in [-0.1, -0.05) is 0 Å². The zero-order chi connectivity index (χ0) is 12.3. The van der Waals surface area contributed by atoms with Crippen LogP contribution in [0.2, 0.25) is 0 Å². The Morgan fingerprint density at radius 3 is 2.94 bits per heavy atom. The van der Waals surface area contributed by atoms with Gasteiger partial charge in [-0.15, -0.1) is 0 Å². The van der Waals surface area contributed by atoms with Gasteiger partial charge in [-0.3, -0.25) is 0 Å². The van der Waals surface area contributed by atoms with E-state index in [2.05, 4.69) is 4.98 Å². The van der Waals surface area contributed by atoms with Gasteiger partial charge in [-0.05, 0) is 43.1 Å². The lowest BCUT2D eigenvalue weighted by molar-refractivity contribution is 0.415. The number of aromatic amines is 1. The number of rotatable bonds is 5. The Morgan fingerprint density at radius 2 is 2.24 bits per heavy atom. The molecule has 0 radical (unpaired) electrons. The molecule has 0 aliphatic carbocycles. The van der Waals surface area contributed by atoms with Crippen molar-refractivity contribution in [2.75, 3.05) is 13.7 Å². The Balaban J connectivity index is 2.33. The summed E-state index contributed by atoms with van der Waals surface area (Å²) in [5.74, 6) is 0.851. The smallest absolute Gasteiger partial charge is 0.119 e. The van der Waals surface area contributed by atoms with Gasteiger partial charge in [0.05, 0.1) is 7.11 Å². The molecule has 1 aromatic heterocycles. The molecule has 0 saturated heterocycles. The molecule has 1 atom stereocenters. The Hall–Kier alpha value is -1.52. The Bertz CT molecular complexity index is 492. The second-order valence-corrected chi connectivity index (χ2v) is 4.19. The molecular formula is C13H19N3O. The number of hydrogen-bond donors (Lipinski definition) is 3. The van der Waals surface area contributed by atoms with E-state index in [1.807, 2.05) is 24.4 Å². The van der Waals surface area contributed by atoms with Gasteiger partial charge in [0.2, 0.25) is 0 Å². The van der Waals surface area contributed by atoms with Crippen LogP contribution >= 0.6 is 0 Å². The second-order valence-electron chi connectivity index (χ2n) is 4.19. The molecule has 4 heteroatoms. The summed E-state index contributed by atoms with van der Waals surface area (Å²) < 4.78 is 5.23. The number of aromatic nitrogens is 1. The van der Waals surface area contributed by atoms with Gasteiger partial charge in [-0.25, -0.2) is 0 Å². The lowest BCUT2D eigenvalue weighted by Gasteiger charge is -2.10. The minimum atomic E-state index is 0.0272. The minimum absolute atomic E-state index is 0.0272. The summed E-state index contributed by atoms with van der Waals surface area (Å²) in [6.45, 7) is 0.680. The fourth-order valence-corrected chi connectivity index (χ4v) is 2.05. The minimum Gasteiger partial charge on any atom is -0.497 e. The lowest BCUT2D eigenvalue weighted by atomic mass is 10.0. The molecule has 0 unspecified atom stereocenters. The van der Waals surface area contributed by atoms with Gasteiger partial charge in [0.15, 0.2) is 0 Å². The summed E-state index contributed by atoms with van der Waals surface area (Å²) in [4.78, 5) is 3.23. The van der Waals surface area contributed by atoms with Gasteiger partial charge in [0.25, 0.3) is 0 Å². The van der Waals surface area contributed by atoms with Crippen molar-refractivity contribution < 1.29 is 4.74 Å². The molecule has 2 aromatic rings. The molecule has 1 aromatic carbocycles. The van der Waals surface area contributed by atoms with Crippen LogP contribution in [0.3, 0.4) is 0 Å². The first-order valence-electron chi connectivity index (χ1n) is 5.87. The van der Waals surface area contributed by atoms with Crippen molar-refractivity contribution in [2.45, 2.75) is 18.9 Å². The van der Waals surface area contributed by atoms with E-state index < -0.39 is 0 Å². The molecule has 0 aliphatic heterocycles. The molecule has 1 heterocycles. The van der Waals surface area contributed by atoms with Crippen LogP contribution in [0.1, 0.15) is 24.4 Å². The monoisotopic (exact) mass is 233 g/mol. The molecule has 0 amide bonds. The van der Waals surface area contributed by atoms with Crippen LogP contribution in [0, 0.1) is 0 Å². The Labute approximate surface area is 101 Å². The van der Waals surface area contributed by atoms with Crippen molar-refractivity contribution in [3.8, 4) is 5.75 Å². The maximum atomic E-state index is 6.17. The molecule has 92 valence electrons. The third-order valence-corrected chi connectivity index (χ3v) is 3.04. The number of H-pyrrole nitrogens is 1. The Kier molecular flexibility index (Phi) is 3.66. The third kappa shape index (κ3) is 2.43. The second kappa shape index (κ2) is 5.21. The average molecular weight is 233 g/mol. The van der Waals surface area contributed by atoms with Gasteiger partial charge in [-0.2, -0.15) is 0 Å². The number of nitrogens with one attached hydrogen (secondary N) is 1. The van der Waals surface area contributed by atoms with Crippen molar-refractivity contribution in [1.82, 2.24) is 4.98 Å². The van der Waals surface area contributed by atoms with E-state index in [1.165, 1.54) is 0 Å². The Morgan fingerprint density at radius 1 is 1.41 bits per heavy atom. The topological polar surface area (TPSA) is 77.1 Å². The highest BCUT2D eigenvalue weighted by molar-refractivity contribution is 5.85. The van der Waals surface area contributed by atoms with Crippen LogP contribution < -0.4 is 16.2 Å². The van der Waals surface area contributed by atoms with E-state index in [9.17, 15) is 0 Å². The zero-order valence-electron chi connectivity index (χ0n) is 10.1. The number of benzene rings is 1. The van der Waals surface area contributed by atoms with Crippen LogP contribution in [0.25, 0.3) is 10.9 Å². The molecule has 4 nitrogen and oxygen atoms in total. The van der Waals surface area contributed by atoms with E-state index in [-0.39, 0.29) is 6.04 Å². The maximum Gasteiger partial charge on any atom is 0.119 e. The first-order valence-corrected chi connectivity index (χ1v) is 5.87. The third-order valence-electron chi connectivity index (χ3n) is 3.04. The number of methoxy groups -OCH3 is 1. The fourth-order valence-electron chi connectivity index (χ4n) is 2.05. The molecule has 0 spiro atoms. The van der Waals surface area contributed by atoms with Crippen molar-refractivity contribution in [2.24, 2.45) is 11.5 Å². The van der Waals surface area contributed by atoms with Gasteiger partial charge in [0.1, 0.15) is 5.75 Å². The molecule has 0 aliphatic rings. The van der Waals surface area contributed by atoms with Crippen molar-refractivity contribution in [3.63, 3.8) is 0 Å². The highest BCUT2D eigenvalue weighted by atomic mass is 16.5. The summed E-state index contributed by atoms with van der Waals surface area (Å²) in [6.07, 6.45) is 3.82. The van der Waals surface area contributed by atoms with Crippen LogP contribution in [-0.4, -0.2) is 18.6 Å². The molecule has 17 heavy (non-hydrogen) atoms. The summed E-state index contributed by atoms with van der Waals surface area (Å²) in [5, 5.41) is 1.13. The predicted molar refractivity (Wildman–Crippen MR) is 70.1 cm³/mol. The van der Waals surface area contributed by atoms with Crippen molar-refractivity contribution in [3.05, 3.63) is 30.0 Å².